The van der Waals surface area contributed by atoms with Crippen molar-refractivity contribution >= 4 is 47.7 Å². The Balaban J connectivity index is 1.91. The summed E-state index contributed by atoms with van der Waals surface area (Å²) in [6.45, 7) is 1.23. The van der Waals surface area contributed by atoms with Gasteiger partial charge in [-0.05, 0) is 0 Å². The standard InChI is InChI=1S/C20H23AsClNO7/c1-13(24)23-18-12-15(7-10-19(18)25)21(27,28)30-20(26)6-4-3-5-14-11-16(29-2)8-9-17(14)22/h7-12,25H,3-6H2,1-2H3,(H,23,24)(H,27,28). The van der Waals surface area contributed by atoms with Crippen LogP contribution < -0.4 is 14.4 Å². The molecule has 0 aromatic heterocycles. The summed E-state index contributed by atoms with van der Waals surface area (Å²) < 4.78 is 32.5. The number of methoxy groups -OCH3 is 1. The fraction of sp³-hybridized carbons (Fsp3) is 0.300. The van der Waals surface area contributed by atoms with Gasteiger partial charge in [-0.2, -0.15) is 0 Å². The predicted molar refractivity (Wildman–Crippen MR) is 112 cm³/mol. The number of carbonyl (C=O) groups excluding carboxylic acids is 2. The second-order valence-electron chi connectivity index (χ2n) is 6.53. The van der Waals surface area contributed by atoms with Crippen molar-refractivity contribution in [3.8, 4) is 11.5 Å². The molecule has 0 fully saturated rings. The van der Waals surface area contributed by atoms with Crippen molar-refractivity contribution in [2.45, 2.75) is 32.6 Å². The summed E-state index contributed by atoms with van der Waals surface area (Å²) in [6, 6.07) is 8.76. The van der Waals surface area contributed by atoms with Crippen molar-refractivity contribution in [1.29, 1.82) is 0 Å². The molecule has 2 aromatic rings. The van der Waals surface area contributed by atoms with Gasteiger partial charge in [0.15, 0.2) is 0 Å². The number of ether oxygens (including phenoxy) is 1. The van der Waals surface area contributed by atoms with Gasteiger partial charge in [-0.25, -0.2) is 0 Å². The van der Waals surface area contributed by atoms with Gasteiger partial charge in [0, 0.05) is 0 Å². The van der Waals surface area contributed by atoms with E-state index in [-0.39, 0.29) is 22.2 Å². The van der Waals surface area contributed by atoms with Crippen molar-refractivity contribution < 1.29 is 31.0 Å². The van der Waals surface area contributed by atoms with E-state index in [2.05, 4.69) is 5.32 Å². The van der Waals surface area contributed by atoms with Gasteiger partial charge in [0.05, 0.1) is 0 Å². The molecular formula is C20H23AsClNO7. The van der Waals surface area contributed by atoms with Gasteiger partial charge < -0.3 is 0 Å². The first-order chi connectivity index (χ1) is 14.1. The summed E-state index contributed by atoms with van der Waals surface area (Å²) >= 11 is 0.965. The molecule has 0 radical (unpaired) electrons. The van der Waals surface area contributed by atoms with E-state index in [1.807, 2.05) is 6.07 Å². The van der Waals surface area contributed by atoms with E-state index < -0.39 is 26.0 Å². The van der Waals surface area contributed by atoms with E-state index in [1.165, 1.54) is 13.0 Å². The Labute approximate surface area is 182 Å². The molecule has 0 spiro atoms. The van der Waals surface area contributed by atoms with Crippen molar-refractivity contribution in [2.75, 3.05) is 12.4 Å². The van der Waals surface area contributed by atoms with Crippen LogP contribution in [0.2, 0.25) is 5.02 Å². The van der Waals surface area contributed by atoms with Gasteiger partial charge in [0.1, 0.15) is 0 Å². The zero-order chi connectivity index (χ0) is 22.3. The van der Waals surface area contributed by atoms with Crippen molar-refractivity contribution in [2.24, 2.45) is 0 Å². The molecule has 1 atom stereocenters. The third-order valence-electron chi connectivity index (χ3n) is 4.17. The van der Waals surface area contributed by atoms with Crippen molar-refractivity contribution in [3.05, 3.63) is 47.0 Å². The molecule has 1 amide bonds. The van der Waals surface area contributed by atoms with Crippen molar-refractivity contribution in [1.82, 2.24) is 0 Å². The number of rotatable bonds is 9. The fourth-order valence-corrected chi connectivity index (χ4v) is 5.05. The van der Waals surface area contributed by atoms with Gasteiger partial charge >= 0.3 is 182 Å². The number of unbranched alkanes of at least 4 members (excludes halogenated alkanes) is 1. The van der Waals surface area contributed by atoms with Crippen LogP contribution in [0, 0.1) is 0 Å². The van der Waals surface area contributed by atoms with Gasteiger partial charge in [-0.3, -0.25) is 0 Å². The van der Waals surface area contributed by atoms with Crippen LogP contribution in [0.15, 0.2) is 36.4 Å². The van der Waals surface area contributed by atoms with Gasteiger partial charge in [-0.1, -0.05) is 0 Å². The van der Waals surface area contributed by atoms with Crippen LogP contribution in [-0.4, -0.2) is 42.4 Å². The van der Waals surface area contributed by atoms with Crippen LogP contribution in [0.25, 0.3) is 0 Å². The third-order valence-corrected chi connectivity index (χ3v) is 7.44. The summed E-state index contributed by atoms with van der Waals surface area (Å²) in [5.41, 5.74) is 0.845. The Morgan fingerprint density at radius 2 is 1.90 bits per heavy atom. The number of aryl methyl sites for hydroxylation is 1. The minimum atomic E-state index is -5.18. The molecule has 0 heterocycles. The molecule has 0 saturated carbocycles. The number of nitrogens with one attached hydrogen (secondary N) is 1. The normalized spacial score (nSPS) is 12.7. The molecule has 2 rings (SSSR count). The topological polar surface area (TPSA) is 122 Å². The van der Waals surface area contributed by atoms with Gasteiger partial charge in [0.25, 0.3) is 0 Å². The Bertz CT molecular complexity index is 980. The molecule has 3 N–H and O–H groups in total. The molecule has 10 heteroatoms. The summed E-state index contributed by atoms with van der Waals surface area (Å²) in [6.07, 6.45) is 1.64. The van der Waals surface area contributed by atoms with E-state index in [0.29, 0.717) is 30.0 Å². The first-order valence-electron chi connectivity index (χ1n) is 9.11. The summed E-state index contributed by atoms with van der Waals surface area (Å²) in [5.74, 6) is -0.848. The van der Waals surface area contributed by atoms with Crippen LogP contribution in [-0.2, 0) is 23.5 Å². The summed E-state index contributed by atoms with van der Waals surface area (Å²) in [4.78, 5) is 23.2. The number of amides is 1. The van der Waals surface area contributed by atoms with E-state index in [9.17, 15) is 22.5 Å². The predicted octanol–water partition coefficient (Wildman–Crippen LogP) is 2.54. The van der Waals surface area contributed by atoms with Crippen LogP contribution in [0.3, 0.4) is 0 Å². The average molecular weight is 500 g/mol. The molecule has 2 aromatic carbocycles. The van der Waals surface area contributed by atoms with Crippen LogP contribution >= 0.6 is 11.6 Å². The molecular weight excluding hydrogens is 477 g/mol. The number of aromatic hydroxyl groups is 1. The van der Waals surface area contributed by atoms with E-state index in [1.54, 1.807) is 19.2 Å². The monoisotopic (exact) mass is 499 g/mol. The maximum absolute atomic E-state index is 12.5. The number of phenolic OH excluding ortho intramolecular Hbond substituents is 1. The molecule has 0 bridgehead atoms. The summed E-state index contributed by atoms with van der Waals surface area (Å²) in [7, 11) is 1.56. The third kappa shape index (κ3) is 6.83. The number of phenols is 1. The Kier molecular flexibility index (Phi) is 8.41. The second-order valence-corrected chi connectivity index (χ2v) is 10.6. The Morgan fingerprint density at radius 1 is 1.17 bits per heavy atom. The van der Waals surface area contributed by atoms with E-state index >= 15 is 0 Å². The SMILES string of the molecule is COc1ccc(Cl)c(CCCCC(=O)O[As](=O)(O)c2ccc(O)c(NC(C)=O)c2)c1. The zero-order valence-electron chi connectivity index (χ0n) is 16.6. The summed E-state index contributed by atoms with van der Waals surface area (Å²) in [5, 5.41) is 12.7. The van der Waals surface area contributed by atoms with E-state index in [0.717, 1.165) is 17.7 Å². The van der Waals surface area contributed by atoms with Gasteiger partial charge in [0.2, 0.25) is 0 Å². The molecule has 8 nitrogen and oxygen atoms in total. The van der Waals surface area contributed by atoms with Crippen LogP contribution in [0.5, 0.6) is 11.5 Å². The molecule has 0 saturated heterocycles. The van der Waals surface area contributed by atoms with E-state index in [4.69, 9.17) is 20.1 Å². The maximum atomic E-state index is 12.5. The van der Waals surface area contributed by atoms with Crippen molar-refractivity contribution in [3.63, 3.8) is 0 Å². The number of halogens is 1. The first-order valence-corrected chi connectivity index (χ1v) is 12.8. The van der Waals surface area contributed by atoms with Crippen LogP contribution in [0.4, 0.5) is 5.69 Å². The quantitative estimate of drug-likeness (QED) is 0.275. The molecule has 30 heavy (non-hydrogen) atoms. The molecule has 0 aliphatic rings. The molecule has 162 valence electrons. The molecule has 0 aliphatic carbocycles. The molecule has 1 unspecified atom stereocenters. The second kappa shape index (κ2) is 10.6. The Hall–Kier alpha value is -2.41. The van der Waals surface area contributed by atoms with Gasteiger partial charge in [-0.15, -0.1) is 0 Å². The molecule has 0 aliphatic heterocycles. The Morgan fingerprint density at radius 3 is 2.57 bits per heavy atom. The zero-order valence-corrected chi connectivity index (χ0v) is 19.2. The minimum absolute atomic E-state index is 0.0376. The fourth-order valence-electron chi connectivity index (χ4n) is 2.68. The number of hydrogen-bond acceptors (Lipinski definition) is 6. The first kappa shape index (κ1) is 23.9. The number of benzene rings is 2. The van der Waals surface area contributed by atoms with Crippen LogP contribution in [0.1, 0.15) is 31.7 Å². The number of anilines is 1. The average Bonchev–Trinajstić information content (AvgIpc) is 2.67. The number of carbonyl (C=O) groups is 2. The number of hydrogen-bond donors (Lipinski definition) is 3.